The molecule has 4 nitrogen and oxygen atoms in total. The van der Waals surface area contributed by atoms with Gasteiger partial charge in [-0.25, -0.2) is 0 Å². The Kier molecular flexibility index (Phi) is 5.32. The van der Waals surface area contributed by atoms with Crippen LogP contribution in [0.3, 0.4) is 0 Å². The summed E-state index contributed by atoms with van der Waals surface area (Å²) >= 11 is 2.58. The van der Waals surface area contributed by atoms with E-state index in [1.54, 1.807) is 24.5 Å². The lowest BCUT2D eigenvalue weighted by molar-refractivity contribution is -0.123. The van der Waals surface area contributed by atoms with Crippen molar-refractivity contribution < 1.29 is 14.3 Å². The van der Waals surface area contributed by atoms with Gasteiger partial charge in [0.05, 0.1) is 18.6 Å². The number of rotatable bonds is 5. The Labute approximate surface area is 171 Å². The number of carbonyl (C=O) groups is 2. The molecule has 2 heterocycles. The van der Waals surface area contributed by atoms with Crippen LogP contribution in [0.4, 0.5) is 4.79 Å². The summed E-state index contributed by atoms with van der Waals surface area (Å²) < 4.78 is 5.19. The molecular weight excluding hydrogens is 390 g/mol. The van der Waals surface area contributed by atoms with Crippen molar-refractivity contribution in [2.45, 2.75) is 6.54 Å². The first-order chi connectivity index (χ1) is 13.6. The van der Waals surface area contributed by atoms with E-state index in [1.807, 2.05) is 66.7 Å². The highest BCUT2D eigenvalue weighted by Gasteiger charge is 2.35. The van der Waals surface area contributed by atoms with Gasteiger partial charge in [0.1, 0.15) is 5.75 Å². The molecule has 2 aromatic carbocycles. The number of thiophene rings is 1. The molecule has 1 aliphatic heterocycles. The lowest BCUT2D eigenvalue weighted by Crippen LogP contribution is -2.27. The number of hydrogen-bond acceptors (Lipinski definition) is 5. The second-order valence-corrected chi connectivity index (χ2v) is 8.29. The number of nitrogens with zero attached hydrogens (tertiary/aromatic N) is 1. The predicted molar refractivity (Wildman–Crippen MR) is 114 cm³/mol. The van der Waals surface area contributed by atoms with Crippen LogP contribution in [0.25, 0.3) is 16.5 Å². The quantitative estimate of drug-likeness (QED) is 0.512. The zero-order valence-electron chi connectivity index (χ0n) is 15.1. The number of amides is 2. The standard InChI is InChI=1S/C22H17NO3S2/c1-26-17-9-7-16(8-10-17)19-12-11-18(27-19)13-20-21(24)23(22(25)28-20)14-15-5-3-2-4-6-15/h2-13H,14H2,1H3. The molecule has 140 valence electrons. The van der Waals surface area contributed by atoms with E-state index in [1.165, 1.54) is 4.90 Å². The zero-order chi connectivity index (χ0) is 19.5. The highest BCUT2D eigenvalue weighted by Crippen LogP contribution is 2.36. The van der Waals surface area contributed by atoms with E-state index >= 15 is 0 Å². The Morgan fingerprint density at radius 2 is 1.71 bits per heavy atom. The normalized spacial score (nSPS) is 15.5. The molecule has 6 heteroatoms. The monoisotopic (exact) mass is 407 g/mol. The van der Waals surface area contributed by atoms with Crippen molar-refractivity contribution in [3.05, 3.63) is 82.1 Å². The predicted octanol–water partition coefficient (Wildman–Crippen LogP) is 5.66. The van der Waals surface area contributed by atoms with Crippen molar-refractivity contribution in [3.8, 4) is 16.2 Å². The molecule has 0 unspecified atom stereocenters. The van der Waals surface area contributed by atoms with Crippen molar-refractivity contribution in [3.63, 3.8) is 0 Å². The Balaban J connectivity index is 1.52. The Morgan fingerprint density at radius 3 is 2.43 bits per heavy atom. The minimum atomic E-state index is -0.238. The molecule has 1 aliphatic rings. The molecule has 0 N–H and O–H groups in total. The first-order valence-corrected chi connectivity index (χ1v) is 10.3. The number of methoxy groups -OCH3 is 1. The minimum Gasteiger partial charge on any atom is -0.497 e. The van der Waals surface area contributed by atoms with E-state index in [9.17, 15) is 9.59 Å². The molecule has 1 fully saturated rings. The van der Waals surface area contributed by atoms with Crippen LogP contribution in [0.2, 0.25) is 0 Å². The number of thioether (sulfide) groups is 1. The molecule has 0 aliphatic carbocycles. The van der Waals surface area contributed by atoms with Gasteiger partial charge in [-0.1, -0.05) is 30.3 Å². The van der Waals surface area contributed by atoms with Crippen LogP contribution < -0.4 is 4.74 Å². The summed E-state index contributed by atoms with van der Waals surface area (Å²) in [7, 11) is 1.64. The van der Waals surface area contributed by atoms with E-state index in [0.717, 1.165) is 38.4 Å². The van der Waals surface area contributed by atoms with E-state index in [0.29, 0.717) is 11.4 Å². The summed E-state index contributed by atoms with van der Waals surface area (Å²) in [6, 6.07) is 21.4. The van der Waals surface area contributed by atoms with Crippen LogP contribution in [0.5, 0.6) is 5.75 Å². The van der Waals surface area contributed by atoms with Gasteiger partial charge in [0.15, 0.2) is 0 Å². The largest absolute Gasteiger partial charge is 0.497 e. The summed E-state index contributed by atoms with van der Waals surface area (Å²) in [5, 5.41) is -0.230. The summed E-state index contributed by atoms with van der Waals surface area (Å²) in [6.07, 6.45) is 1.80. The molecule has 0 radical (unpaired) electrons. The van der Waals surface area contributed by atoms with Crippen molar-refractivity contribution in [1.82, 2.24) is 4.90 Å². The highest BCUT2D eigenvalue weighted by molar-refractivity contribution is 8.18. The van der Waals surface area contributed by atoms with Crippen molar-refractivity contribution in [2.24, 2.45) is 0 Å². The molecule has 0 saturated carbocycles. The third kappa shape index (κ3) is 3.88. The van der Waals surface area contributed by atoms with Crippen LogP contribution in [0.15, 0.2) is 71.6 Å². The van der Waals surface area contributed by atoms with Gasteiger partial charge >= 0.3 is 0 Å². The van der Waals surface area contributed by atoms with E-state index in [-0.39, 0.29) is 11.1 Å². The third-order valence-corrected chi connectivity index (χ3v) is 6.32. The van der Waals surface area contributed by atoms with Gasteiger partial charge in [-0.2, -0.15) is 0 Å². The molecule has 3 aromatic rings. The number of hydrogen-bond donors (Lipinski definition) is 0. The van der Waals surface area contributed by atoms with Crippen LogP contribution in [0.1, 0.15) is 10.4 Å². The van der Waals surface area contributed by atoms with Gasteiger partial charge < -0.3 is 4.74 Å². The molecule has 1 aromatic heterocycles. The zero-order valence-corrected chi connectivity index (χ0v) is 16.8. The number of ether oxygens (including phenoxy) is 1. The summed E-state index contributed by atoms with van der Waals surface area (Å²) in [5.41, 5.74) is 2.02. The molecule has 0 spiro atoms. The van der Waals surface area contributed by atoms with Gasteiger partial charge in [0.25, 0.3) is 11.1 Å². The molecule has 1 saturated heterocycles. The number of imide groups is 1. The van der Waals surface area contributed by atoms with E-state index in [2.05, 4.69) is 0 Å². The maximum Gasteiger partial charge on any atom is 0.293 e. The van der Waals surface area contributed by atoms with Gasteiger partial charge in [-0.05, 0) is 65.4 Å². The van der Waals surface area contributed by atoms with Crippen molar-refractivity contribution in [2.75, 3.05) is 7.11 Å². The second-order valence-electron chi connectivity index (χ2n) is 6.18. The molecule has 2 amide bonds. The van der Waals surface area contributed by atoms with Gasteiger partial charge in [-0.15, -0.1) is 11.3 Å². The minimum absolute atomic E-state index is 0.230. The summed E-state index contributed by atoms with van der Waals surface area (Å²) in [5.74, 6) is 0.575. The maximum absolute atomic E-state index is 12.7. The van der Waals surface area contributed by atoms with Gasteiger partial charge in [0, 0.05) is 9.75 Å². The number of carbonyl (C=O) groups excluding carboxylic acids is 2. The fourth-order valence-corrected chi connectivity index (χ4v) is 4.73. The van der Waals surface area contributed by atoms with Gasteiger partial charge in [-0.3, -0.25) is 14.5 Å². The average molecular weight is 408 g/mol. The SMILES string of the molecule is COc1ccc(-c2ccc(C=C3SC(=O)N(Cc4ccccc4)C3=O)s2)cc1. The topological polar surface area (TPSA) is 46.6 Å². The van der Waals surface area contributed by atoms with Crippen LogP contribution in [-0.4, -0.2) is 23.2 Å². The van der Waals surface area contributed by atoms with Gasteiger partial charge in [0.2, 0.25) is 0 Å². The van der Waals surface area contributed by atoms with Crippen molar-refractivity contribution in [1.29, 1.82) is 0 Å². The second kappa shape index (κ2) is 8.04. The van der Waals surface area contributed by atoms with Crippen LogP contribution >= 0.6 is 23.1 Å². The Hall–Kier alpha value is -2.83. The molecule has 4 rings (SSSR count). The fourth-order valence-electron chi connectivity index (χ4n) is 2.87. The van der Waals surface area contributed by atoms with Crippen molar-refractivity contribution >= 4 is 40.3 Å². The lowest BCUT2D eigenvalue weighted by atomic mass is 10.2. The Morgan fingerprint density at radius 1 is 0.964 bits per heavy atom. The van der Waals surface area contributed by atoms with E-state index < -0.39 is 0 Å². The molecule has 28 heavy (non-hydrogen) atoms. The number of benzene rings is 2. The molecule has 0 atom stereocenters. The van der Waals surface area contributed by atoms with Crippen LogP contribution in [-0.2, 0) is 11.3 Å². The third-order valence-electron chi connectivity index (χ3n) is 4.33. The first-order valence-electron chi connectivity index (χ1n) is 8.67. The van der Waals surface area contributed by atoms with E-state index in [4.69, 9.17) is 4.74 Å². The fraction of sp³-hybridized carbons (Fsp3) is 0.0909. The first kappa shape index (κ1) is 18.5. The smallest absolute Gasteiger partial charge is 0.293 e. The highest BCUT2D eigenvalue weighted by atomic mass is 32.2. The summed E-state index contributed by atoms with van der Waals surface area (Å²) in [6.45, 7) is 0.296. The molecular formula is C22H17NO3S2. The van der Waals surface area contributed by atoms with Crippen LogP contribution in [0, 0.1) is 0 Å². The lowest BCUT2D eigenvalue weighted by Gasteiger charge is -2.11. The Bertz CT molecular complexity index is 1040. The summed E-state index contributed by atoms with van der Waals surface area (Å²) in [4.78, 5) is 28.8. The molecule has 0 bridgehead atoms. The average Bonchev–Trinajstić information content (AvgIpc) is 3.29. The maximum atomic E-state index is 12.7.